The second kappa shape index (κ2) is 9.54. The fourth-order valence-electron chi connectivity index (χ4n) is 6.14. The lowest BCUT2D eigenvalue weighted by atomic mass is 9.83. The summed E-state index contributed by atoms with van der Waals surface area (Å²) in [4.78, 5) is 0. The molecule has 1 aliphatic rings. The van der Waals surface area contributed by atoms with Gasteiger partial charge in [-0.05, 0) is 94.4 Å². The Morgan fingerprint density at radius 3 is 1.60 bits per heavy atom. The Morgan fingerprint density at radius 2 is 0.907 bits per heavy atom. The Kier molecular flexibility index (Phi) is 2.67. The molecule has 8 aromatic carbocycles. The molecule has 0 heterocycles. The van der Waals surface area contributed by atoms with Crippen molar-refractivity contribution < 1.29 is 26.0 Å². The molecule has 0 saturated heterocycles. The van der Waals surface area contributed by atoms with Crippen LogP contribution in [0.25, 0.3) is 76.8 Å². The Hall–Kier alpha value is -5.46. The van der Waals surface area contributed by atoms with Gasteiger partial charge in [0.05, 0.1) is 26.0 Å². The molecule has 200 valence electrons. The molecule has 0 atom stereocenters. The van der Waals surface area contributed by atoms with Crippen molar-refractivity contribution >= 4 is 32.3 Å². The van der Waals surface area contributed by atoms with Gasteiger partial charge < -0.3 is 0 Å². The zero-order chi connectivity index (χ0) is 44.9. The second-order valence-corrected chi connectivity index (χ2v) is 10.2. The molecule has 8 aromatic rings. The van der Waals surface area contributed by atoms with Crippen LogP contribution in [0.2, 0.25) is 0 Å². The fraction of sp³-hybridized carbons (Fsp3) is 0.0233. The summed E-state index contributed by atoms with van der Waals surface area (Å²) < 4.78 is 171. The molecule has 0 aliphatic heterocycles. The molecule has 0 unspecified atom stereocenters. The van der Waals surface area contributed by atoms with E-state index in [1.54, 1.807) is 12.1 Å². The first-order valence-electron chi connectivity index (χ1n) is 23.0. The van der Waals surface area contributed by atoms with Crippen LogP contribution >= 0.6 is 0 Å². The molecular formula is C43H28. The van der Waals surface area contributed by atoms with Gasteiger partial charge in [0.1, 0.15) is 0 Å². The number of rotatable bonds is 3. The second-order valence-electron chi connectivity index (χ2n) is 10.2. The predicted octanol–water partition coefficient (Wildman–Crippen LogP) is 11.7. The van der Waals surface area contributed by atoms with Crippen molar-refractivity contribution in [1.29, 1.82) is 0 Å². The van der Waals surface area contributed by atoms with Gasteiger partial charge in [0.2, 0.25) is 0 Å². The Bertz CT molecular complexity index is 3320. The van der Waals surface area contributed by atoms with Crippen LogP contribution in [0.3, 0.4) is 0 Å². The van der Waals surface area contributed by atoms with Crippen molar-refractivity contribution in [2.45, 2.75) is 6.42 Å². The number of hydrogen-bond donors (Lipinski definition) is 0. The SMILES string of the molecule is [2H]c1c([2H])c([2H])c(-c2c3c([2H])c([2H])c([2H])c([2H])c3c(-c3c([2H])c([2H])c(-c4ccc5c(c4)Cc4ccccc4-5)c4c([2H])c([2H])c([2H])c([2H])c34)c3c([2H])c([2H])c([2H])c([2H])c23)c([2H])c1[2H]. The predicted molar refractivity (Wildman–Crippen MR) is 184 cm³/mol. The highest BCUT2D eigenvalue weighted by atomic mass is 14.2. The van der Waals surface area contributed by atoms with E-state index < -0.39 is 159 Å². The van der Waals surface area contributed by atoms with E-state index in [2.05, 4.69) is 0 Å². The van der Waals surface area contributed by atoms with E-state index in [0.29, 0.717) is 12.0 Å². The van der Waals surface area contributed by atoms with Crippen LogP contribution in [0, 0.1) is 0 Å². The monoisotopic (exact) mass is 563 g/mol. The molecule has 9 rings (SSSR count). The first-order valence-corrected chi connectivity index (χ1v) is 13.5. The molecular weight excluding hydrogens is 516 g/mol. The quantitative estimate of drug-likeness (QED) is 0.188. The van der Waals surface area contributed by atoms with E-state index in [9.17, 15) is 11.0 Å². The normalized spacial score (nSPS) is 18.3. The fourth-order valence-corrected chi connectivity index (χ4v) is 6.14. The van der Waals surface area contributed by atoms with Crippen molar-refractivity contribution in [2.24, 2.45) is 0 Å². The summed E-state index contributed by atoms with van der Waals surface area (Å²) in [5.41, 5.74) is 1.93. The summed E-state index contributed by atoms with van der Waals surface area (Å²) in [7, 11) is 0. The summed E-state index contributed by atoms with van der Waals surface area (Å²) in [6.45, 7) is 0. The van der Waals surface area contributed by atoms with Gasteiger partial charge in [0.15, 0.2) is 0 Å². The highest BCUT2D eigenvalue weighted by Gasteiger charge is 2.21. The summed E-state index contributed by atoms with van der Waals surface area (Å²) >= 11 is 0. The number of fused-ring (bicyclic) bond motifs is 6. The van der Waals surface area contributed by atoms with Gasteiger partial charge in [-0.15, -0.1) is 0 Å². The molecule has 0 spiro atoms. The number of benzene rings is 8. The first kappa shape index (κ1) is 12.0. The maximum absolute atomic E-state index is 9.76. The summed E-state index contributed by atoms with van der Waals surface area (Å²) in [6, 6.07) is -1.88. The third kappa shape index (κ3) is 3.70. The summed E-state index contributed by atoms with van der Waals surface area (Å²) in [5.74, 6) is 0. The molecule has 0 N–H and O–H groups in total. The van der Waals surface area contributed by atoms with Gasteiger partial charge in [-0.25, -0.2) is 0 Å². The van der Waals surface area contributed by atoms with Gasteiger partial charge in [0, 0.05) is 0 Å². The molecule has 0 nitrogen and oxygen atoms in total. The minimum absolute atomic E-state index is 0.0485. The zero-order valence-electron chi connectivity index (χ0n) is 41.2. The van der Waals surface area contributed by atoms with Crippen LogP contribution in [0.15, 0.2) is 157 Å². The van der Waals surface area contributed by atoms with Crippen molar-refractivity contribution in [3.63, 3.8) is 0 Å². The molecule has 1 aliphatic carbocycles. The van der Waals surface area contributed by atoms with E-state index in [0.717, 1.165) is 22.3 Å². The first-order chi connectivity index (χ1) is 29.2. The lowest BCUT2D eigenvalue weighted by Gasteiger charge is -2.19. The molecule has 0 fully saturated rings. The van der Waals surface area contributed by atoms with Crippen LogP contribution in [-0.2, 0) is 6.42 Å². The molecule has 0 aromatic heterocycles. The topological polar surface area (TPSA) is 0 Å². The Labute approximate surface area is 278 Å². The van der Waals surface area contributed by atoms with Crippen LogP contribution < -0.4 is 0 Å². The van der Waals surface area contributed by atoms with E-state index in [-0.39, 0.29) is 16.3 Å². The number of hydrogen-bond acceptors (Lipinski definition) is 0. The third-order valence-electron chi connectivity index (χ3n) is 7.96. The van der Waals surface area contributed by atoms with Gasteiger partial charge in [-0.1, -0.05) is 157 Å². The van der Waals surface area contributed by atoms with E-state index in [1.807, 2.05) is 30.3 Å². The van der Waals surface area contributed by atoms with Crippen molar-refractivity contribution in [3.05, 3.63) is 168 Å². The van der Waals surface area contributed by atoms with Crippen LogP contribution in [0.1, 0.15) is 37.2 Å². The third-order valence-corrected chi connectivity index (χ3v) is 7.96. The molecule has 0 saturated carbocycles. The average Bonchev–Trinajstić information content (AvgIpc) is 3.64. The summed E-state index contributed by atoms with van der Waals surface area (Å²) in [5, 5.41) is -2.80. The zero-order valence-corrected chi connectivity index (χ0v) is 22.2. The summed E-state index contributed by atoms with van der Waals surface area (Å²) in [6.07, 6.45) is 0.525. The van der Waals surface area contributed by atoms with Crippen LogP contribution in [0.4, 0.5) is 0 Å². The molecule has 0 radical (unpaired) electrons. The van der Waals surface area contributed by atoms with Gasteiger partial charge >= 0.3 is 0 Å². The van der Waals surface area contributed by atoms with Gasteiger partial charge in [0.25, 0.3) is 0 Å². The Morgan fingerprint density at radius 1 is 0.372 bits per heavy atom. The van der Waals surface area contributed by atoms with E-state index in [1.165, 1.54) is 0 Å². The lowest BCUT2D eigenvalue weighted by molar-refractivity contribution is 1.26. The van der Waals surface area contributed by atoms with Crippen LogP contribution in [-0.4, -0.2) is 0 Å². The van der Waals surface area contributed by atoms with E-state index in [4.69, 9.17) is 15.1 Å². The van der Waals surface area contributed by atoms with E-state index >= 15 is 0 Å². The maximum atomic E-state index is 9.76. The van der Waals surface area contributed by atoms with Crippen molar-refractivity contribution in [1.82, 2.24) is 0 Å². The standard InChI is InChI=1S/C43H28/c1-2-12-28(13-3-1)42-37-18-8-10-20-39(37)43(40-21-11-9-19-38(40)42)41-25-24-33(35-16-6-7-17-36(35)41)30-22-23-34-31(27-30)26-29-14-4-5-15-32(29)34/h1-25,27H,26H2/i1D,2D,3D,6D,7D,8D,9D,10D,11D,12D,13D,16D,17D,18D,19D,20D,21D,24D,25D. The Balaban J connectivity index is 1.57. The lowest BCUT2D eigenvalue weighted by Crippen LogP contribution is -1.92. The average molecular weight is 564 g/mol. The van der Waals surface area contributed by atoms with Gasteiger partial charge in [-0.3, -0.25) is 0 Å². The van der Waals surface area contributed by atoms with Crippen LogP contribution in [0.5, 0.6) is 0 Å². The minimum atomic E-state index is -0.851. The maximum Gasteiger partial charge on any atom is 0.0630 e. The van der Waals surface area contributed by atoms with Crippen molar-refractivity contribution in [3.8, 4) is 44.5 Å². The molecule has 0 bridgehead atoms. The minimum Gasteiger partial charge on any atom is -0.0622 e. The highest BCUT2D eigenvalue weighted by Crippen LogP contribution is 2.47. The highest BCUT2D eigenvalue weighted by molar-refractivity contribution is 6.24. The van der Waals surface area contributed by atoms with Gasteiger partial charge in [-0.2, -0.15) is 0 Å². The largest absolute Gasteiger partial charge is 0.0630 e. The van der Waals surface area contributed by atoms with Crippen molar-refractivity contribution in [2.75, 3.05) is 0 Å². The smallest absolute Gasteiger partial charge is 0.0622 e. The molecule has 43 heavy (non-hydrogen) atoms. The molecule has 0 amide bonds. The molecule has 0 heteroatoms.